The molecule has 3 fully saturated rings. The van der Waals surface area contributed by atoms with Gasteiger partial charge in [-0.05, 0) is 58.5 Å². The highest BCUT2D eigenvalue weighted by molar-refractivity contribution is 5.81. The predicted octanol–water partition coefficient (Wildman–Crippen LogP) is 1.99. The van der Waals surface area contributed by atoms with E-state index in [1.807, 2.05) is 0 Å². The van der Waals surface area contributed by atoms with Crippen molar-refractivity contribution >= 4 is 5.91 Å². The van der Waals surface area contributed by atoms with E-state index in [1.54, 1.807) is 0 Å². The predicted molar refractivity (Wildman–Crippen MR) is 85.3 cm³/mol. The molecule has 0 aromatic rings. The van der Waals surface area contributed by atoms with Crippen molar-refractivity contribution in [2.45, 2.75) is 76.4 Å². The fourth-order valence-corrected chi connectivity index (χ4v) is 4.30. The van der Waals surface area contributed by atoms with Gasteiger partial charge in [-0.2, -0.15) is 0 Å². The SMILES string of the molecule is C[C@H](C(=O)NC1CCCC1)N1CCC(N2CCCC2)CC1. The fraction of sp³-hybridized carbons (Fsp3) is 0.941. The van der Waals surface area contributed by atoms with Gasteiger partial charge in [-0.3, -0.25) is 9.69 Å². The molecular formula is C17H31N3O. The highest BCUT2D eigenvalue weighted by Gasteiger charge is 2.31. The molecule has 0 bridgehead atoms. The standard InChI is InChI=1S/C17H31N3O/c1-14(17(21)18-15-6-2-3-7-15)19-12-8-16(9-13-19)20-10-4-5-11-20/h14-16H,2-13H2,1H3,(H,18,21)/t14-/m1/s1. The van der Waals surface area contributed by atoms with Crippen LogP contribution in [0.4, 0.5) is 0 Å². The van der Waals surface area contributed by atoms with Crippen molar-refractivity contribution in [2.24, 2.45) is 0 Å². The third-order valence-corrected chi connectivity index (χ3v) is 5.78. The van der Waals surface area contributed by atoms with Crippen molar-refractivity contribution in [3.05, 3.63) is 0 Å². The van der Waals surface area contributed by atoms with E-state index in [-0.39, 0.29) is 11.9 Å². The Bertz CT molecular complexity index is 340. The van der Waals surface area contributed by atoms with E-state index in [0.717, 1.165) is 19.1 Å². The van der Waals surface area contributed by atoms with Crippen molar-refractivity contribution in [3.8, 4) is 0 Å². The number of hydrogen-bond acceptors (Lipinski definition) is 3. The van der Waals surface area contributed by atoms with Gasteiger partial charge in [0.2, 0.25) is 5.91 Å². The van der Waals surface area contributed by atoms with E-state index in [0.29, 0.717) is 6.04 Å². The zero-order valence-electron chi connectivity index (χ0n) is 13.5. The maximum absolute atomic E-state index is 12.4. The summed E-state index contributed by atoms with van der Waals surface area (Å²) in [5.41, 5.74) is 0. The minimum Gasteiger partial charge on any atom is -0.352 e. The van der Waals surface area contributed by atoms with Gasteiger partial charge in [0, 0.05) is 25.2 Å². The van der Waals surface area contributed by atoms with Gasteiger partial charge in [-0.1, -0.05) is 12.8 Å². The molecule has 0 unspecified atom stereocenters. The van der Waals surface area contributed by atoms with Gasteiger partial charge in [0.15, 0.2) is 0 Å². The van der Waals surface area contributed by atoms with Crippen molar-refractivity contribution in [2.75, 3.05) is 26.2 Å². The van der Waals surface area contributed by atoms with E-state index < -0.39 is 0 Å². The third-order valence-electron chi connectivity index (χ3n) is 5.78. The Morgan fingerprint density at radius 3 is 2.19 bits per heavy atom. The fourth-order valence-electron chi connectivity index (χ4n) is 4.30. The first kappa shape index (κ1) is 15.3. The molecule has 4 heteroatoms. The second-order valence-corrected chi connectivity index (χ2v) is 7.18. The van der Waals surface area contributed by atoms with E-state index in [9.17, 15) is 4.79 Å². The smallest absolute Gasteiger partial charge is 0.237 e. The molecule has 1 amide bonds. The molecule has 1 atom stereocenters. The number of nitrogens with zero attached hydrogens (tertiary/aromatic N) is 2. The summed E-state index contributed by atoms with van der Waals surface area (Å²) >= 11 is 0. The summed E-state index contributed by atoms with van der Waals surface area (Å²) in [5, 5.41) is 3.25. The maximum Gasteiger partial charge on any atom is 0.237 e. The molecule has 21 heavy (non-hydrogen) atoms. The minimum absolute atomic E-state index is 0.0464. The molecule has 3 aliphatic rings. The van der Waals surface area contributed by atoms with E-state index in [1.165, 1.54) is 64.5 Å². The summed E-state index contributed by atoms with van der Waals surface area (Å²) < 4.78 is 0. The Kier molecular flexibility index (Phi) is 5.17. The van der Waals surface area contributed by atoms with Crippen LogP contribution in [0.5, 0.6) is 0 Å². The highest BCUT2D eigenvalue weighted by atomic mass is 16.2. The van der Waals surface area contributed by atoms with Crippen molar-refractivity contribution in [1.82, 2.24) is 15.1 Å². The molecule has 1 aliphatic carbocycles. The van der Waals surface area contributed by atoms with Gasteiger partial charge < -0.3 is 10.2 Å². The number of likely N-dealkylation sites (tertiary alicyclic amines) is 2. The molecule has 0 radical (unpaired) electrons. The lowest BCUT2D eigenvalue weighted by Crippen LogP contribution is -2.52. The summed E-state index contributed by atoms with van der Waals surface area (Å²) in [6, 6.07) is 1.26. The van der Waals surface area contributed by atoms with Crippen LogP contribution in [0, 0.1) is 0 Å². The molecule has 4 nitrogen and oxygen atoms in total. The Balaban J connectivity index is 1.43. The van der Waals surface area contributed by atoms with Crippen LogP contribution in [0.2, 0.25) is 0 Å². The number of carbonyl (C=O) groups excluding carboxylic acids is 1. The van der Waals surface area contributed by atoms with E-state index >= 15 is 0 Å². The van der Waals surface area contributed by atoms with Gasteiger partial charge >= 0.3 is 0 Å². The van der Waals surface area contributed by atoms with Crippen LogP contribution in [0.3, 0.4) is 0 Å². The van der Waals surface area contributed by atoms with Crippen LogP contribution in [0.25, 0.3) is 0 Å². The first-order valence-electron chi connectivity index (χ1n) is 9.02. The number of amides is 1. The van der Waals surface area contributed by atoms with Crippen molar-refractivity contribution in [1.29, 1.82) is 0 Å². The van der Waals surface area contributed by atoms with Crippen molar-refractivity contribution in [3.63, 3.8) is 0 Å². The zero-order chi connectivity index (χ0) is 14.7. The minimum atomic E-state index is 0.0464. The molecular weight excluding hydrogens is 262 g/mol. The molecule has 120 valence electrons. The highest BCUT2D eigenvalue weighted by Crippen LogP contribution is 2.23. The molecule has 0 aromatic carbocycles. The summed E-state index contributed by atoms with van der Waals surface area (Å²) in [4.78, 5) is 17.4. The molecule has 0 aromatic heterocycles. The first-order valence-corrected chi connectivity index (χ1v) is 9.02. The zero-order valence-corrected chi connectivity index (χ0v) is 13.5. The third kappa shape index (κ3) is 3.78. The van der Waals surface area contributed by atoms with Crippen LogP contribution in [0.1, 0.15) is 58.3 Å². The van der Waals surface area contributed by atoms with Gasteiger partial charge in [-0.15, -0.1) is 0 Å². The first-order chi connectivity index (χ1) is 10.2. The molecule has 0 spiro atoms. The topological polar surface area (TPSA) is 35.6 Å². The second-order valence-electron chi connectivity index (χ2n) is 7.18. The molecule has 2 aliphatic heterocycles. The molecule has 2 heterocycles. The van der Waals surface area contributed by atoms with Crippen LogP contribution in [-0.4, -0.2) is 60.0 Å². The summed E-state index contributed by atoms with van der Waals surface area (Å²) in [6.07, 6.45) is 10.1. The molecule has 2 saturated heterocycles. The Labute approximate surface area is 129 Å². The van der Waals surface area contributed by atoms with Gasteiger partial charge in [0.05, 0.1) is 6.04 Å². The second kappa shape index (κ2) is 7.10. The van der Waals surface area contributed by atoms with E-state index in [2.05, 4.69) is 22.0 Å². The Hall–Kier alpha value is -0.610. The Morgan fingerprint density at radius 1 is 0.952 bits per heavy atom. The van der Waals surface area contributed by atoms with Gasteiger partial charge in [-0.25, -0.2) is 0 Å². The number of piperidine rings is 1. The Morgan fingerprint density at radius 2 is 1.57 bits per heavy atom. The average Bonchev–Trinajstić information content (AvgIpc) is 3.20. The van der Waals surface area contributed by atoms with Gasteiger partial charge in [0.1, 0.15) is 0 Å². The molecule has 1 N–H and O–H groups in total. The summed E-state index contributed by atoms with van der Waals surface area (Å²) in [6.45, 7) is 6.84. The van der Waals surface area contributed by atoms with Crippen molar-refractivity contribution < 1.29 is 4.79 Å². The van der Waals surface area contributed by atoms with Crippen LogP contribution >= 0.6 is 0 Å². The van der Waals surface area contributed by atoms with Crippen LogP contribution in [0.15, 0.2) is 0 Å². The van der Waals surface area contributed by atoms with E-state index in [4.69, 9.17) is 0 Å². The largest absolute Gasteiger partial charge is 0.352 e. The monoisotopic (exact) mass is 293 g/mol. The van der Waals surface area contributed by atoms with Gasteiger partial charge in [0.25, 0.3) is 0 Å². The number of rotatable bonds is 4. The maximum atomic E-state index is 12.4. The average molecular weight is 293 g/mol. The molecule has 3 rings (SSSR count). The number of nitrogens with one attached hydrogen (secondary N) is 1. The van der Waals surface area contributed by atoms with Crippen LogP contribution < -0.4 is 5.32 Å². The summed E-state index contributed by atoms with van der Waals surface area (Å²) in [7, 11) is 0. The number of carbonyl (C=O) groups is 1. The number of hydrogen-bond donors (Lipinski definition) is 1. The lowest BCUT2D eigenvalue weighted by atomic mass is 10.0. The molecule has 1 saturated carbocycles. The van der Waals surface area contributed by atoms with Crippen LogP contribution in [-0.2, 0) is 4.79 Å². The lowest BCUT2D eigenvalue weighted by molar-refractivity contribution is -0.127. The quantitative estimate of drug-likeness (QED) is 0.861. The summed E-state index contributed by atoms with van der Waals surface area (Å²) in [5.74, 6) is 0.251. The normalized spacial score (nSPS) is 28.0. The lowest BCUT2D eigenvalue weighted by Gasteiger charge is -2.39.